The van der Waals surface area contributed by atoms with Crippen molar-refractivity contribution in [2.75, 3.05) is 26.7 Å². The standard InChI is InChI=1S/C27H44F3NO2/c1-3-4-5-6-7-8-9-10-11-12-21-31(2)22-13-14-23-33-25-18-15-24(16-19-25)17-20-26(32)27(28,29)30/h15-16,18-19H,3-14,17,20-23H2,1-2H3. The van der Waals surface area contributed by atoms with Gasteiger partial charge in [0.2, 0.25) is 5.78 Å². The number of halogens is 3. The Bertz CT molecular complexity index is 617. The van der Waals surface area contributed by atoms with Crippen molar-refractivity contribution in [3.8, 4) is 5.75 Å². The summed E-state index contributed by atoms with van der Waals surface area (Å²) in [4.78, 5) is 13.3. The van der Waals surface area contributed by atoms with E-state index in [-0.39, 0.29) is 6.42 Å². The Morgan fingerprint density at radius 3 is 1.88 bits per heavy atom. The molecule has 0 aliphatic carbocycles. The van der Waals surface area contributed by atoms with Gasteiger partial charge in [0.1, 0.15) is 5.75 Å². The second-order valence-corrected chi connectivity index (χ2v) is 9.11. The third-order valence-corrected chi connectivity index (χ3v) is 5.98. The maximum absolute atomic E-state index is 12.3. The summed E-state index contributed by atoms with van der Waals surface area (Å²) in [5.74, 6) is -0.972. The molecule has 3 nitrogen and oxygen atoms in total. The number of rotatable bonds is 20. The largest absolute Gasteiger partial charge is 0.494 e. The fraction of sp³-hybridized carbons (Fsp3) is 0.741. The van der Waals surface area contributed by atoms with Crippen molar-refractivity contribution in [2.24, 2.45) is 0 Å². The molecule has 1 aromatic rings. The van der Waals surface area contributed by atoms with Gasteiger partial charge in [-0.05, 0) is 63.5 Å². The first-order valence-electron chi connectivity index (χ1n) is 12.8. The van der Waals surface area contributed by atoms with Gasteiger partial charge in [0.15, 0.2) is 0 Å². The lowest BCUT2D eigenvalue weighted by molar-refractivity contribution is -0.171. The molecule has 1 aromatic carbocycles. The van der Waals surface area contributed by atoms with Crippen molar-refractivity contribution in [3.63, 3.8) is 0 Å². The SMILES string of the molecule is CCCCCCCCCCCCN(C)CCCCOc1ccc(CCC(=O)C(F)(F)F)cc1. The van der Waals surface area contributed by atoms with Crippen LogP contribution in [-0.4, -0.2) is 43.6 Å². The van der Waals surface area contributed by atoms with Crippen LogP contribution >= 0.6 is 0 Å². The van der Waals surface area contributed by atoms with Crippen LogP contribution in [0.5, 0.6) is 5.75 Å². The molecule has 0 aromatic heterocycles. The van der Waals surface area contributed by atoms with E-state index < -0.39 is 18.4 Å². The third kappa shape index (κ3) is 15.8. The number of carbonyl (C=O) groups is 1. The van der Waals surface area contributed by atoms with Gasteiger partial charge in [-0.2, -0.15) is 13.2 Å². The fourth-order valence-electron chi connectivity index (χ4n) is 3.81. The van der Waals surface area contributed by atoms with Crippen molar-refractivity contribution >= 4 is 5.78 Å². The molecule has 0 unspecified atom stereocenters. The molecule has 190 valence electrons. The Morgan fingerprint density at radius 1 is 0.818 bits per heavy atom. The van der Waals surface area contributed by atoms with Gasteiger partial charge >= 0.3 is 6.18 Å². The minimum atomic E-state index is -4.75. The number of aryl methyl sites for hydroxylation is 1. The van der Waals surface area contributed by atoms with Crippen LogP contribution in [0.25, 0.3) is 0 Å². The predicted molar refractivity (Wildman–Crippen MR) is 130 cm³/mol. The van der Waals surface area contributed by atoms with Crippen LogP contribution in [0.2, 0.25) is 0 Å². The average Bonchev–Trinajstić information content (AvgIpc) is 2.78. The second-order valence-electron chi connectivity index (χ2n) is 9.11. The molecule has 0 spiro atoms. The molecule has 0 N–H and O–H groups in total. The minimum absolute atomic E-state index is 0.0873. The summed E-state index contributed by atoms with van der Waals surface area (Å²) >= 11 is 0. The van der Waals surface area contributed by atoms with Crippen molar-refractivity contribution in [3.05, 3.63) is 29.8 Å². The number of benzene rings is 1. The zero-order chi connectivity index (χ0) is 24.4. The maximum Gasteiger partial charge on any atom is 0.449 e. The molecule has 0 aliphatic heterocycles. The molecule has 33 heavy (non-hydrogen) atoms. The Morgan fingerprint density at radius 2 is 1.33 bits per heavy atom. The summed E-state index contributed by atoms with van der Waals surface area (Å²) < 4.78 is 42.5. The van der Waals surface area contributed by atoms with Crippen LogP contribution in [0.4, 0.5) is 13.2 Å². The molecular weight excluding hydrogens is 427 g/mol. The van der Waals surface area contributed by atoms with Crippen molar-refractivity contribution < 1.29 is 22.7 Å². The summed E-state index contributed by atoms with van der Waals surface area (Å²) in [6, 6.07) is 6.95. The topological polar surface area (TPSA) is 29.5 Å². The number of unbranched alkanes of at least 4 members (excludes halogenated alkanes) is 10. The summed E-state index contributed by atoms with van der Waals surface area (Å²) in [7, 11) is 2.18. The van der Waals surface area contributed by atoms with Crippen LogP contribution in [-0.2, 0) is 11.2 Å². The zero-order valence-electron chi connectivity index (χ0n) is 20.7. The molecule has 1 rings (SSSR count). The molecule has 0 saturated heterocycles. The van der Waals surface area contributed by atoms with Crippen LogP contribution in [0.15, 0.2) is 24.3 Å². The van der Waals surface area contributed by atoms with E-state index in [0.29, 0.717) is 17.9 Å². The smallest absolute Gasteiger partial charge is 0.449 e. The molecule has 0 bridgehead atoms. The van der Waals surface area contributed by atoms with Crippen molar-refractivity contribution in [1.29, 1.82) is 0 Å². The summed E-state index contributed by atoms with van der Waals surface area (Å²) in [5, 5.41) is 0. The molecule has 0 aliphatic rings. The summed E-state index contributed by atoms with van der Waals surface area (Å²) in [6.45, 7) is 5.09. The first kappa shape index (κ1) is 29.5. The highest BCUT2D eigenvalue weighted by molar-refractivity contribution is 5.84. The fourth-order valence-corrected chi connectivity index (χ4v) is 3.81. The Hall–Kier alpha value is -1.56. The predicted octanol–water partition coefficient (Wildman–Crippen LogP) is 7.76. The van der Waals surface area contributed by atoms with Gasteiger partial charge in [-0.3, -0.25) is 4.79 Å². The van der Waals surface area contributed by atoms with Crippen molar-refractivity contribution in [2.45, 2.75) is 103 Å². The van der Waals surface area contributed by atoms with Gasteiger partial charge < -0.3 is 9.64 Å². The minimum Gasteiger partial charge on any atom is -0.494 e. The molecule has 6 heteroatoms. The molecule has 0 radical (unpaired) electrons. The van der Waals surface area contributed by atoms with Crippen LogP contribution in [0, 0.1) is 0 Å². The maximum atomic E-state index is 12.3. The molecular formula is C27H44F3NO2. The first-order valence-corrected chi connectivity index (χ1v) is 12.8. The highest BCUT2D eigenvalue weighted by Crippen LogP contribution is 2.20. The van der Waals surface area contributed by atoms with Gasteiger partial charge in [-0.15, -0.1) is 0 Å². The normalized spacial score (nSPS) is 11.8. The van der Waals surface area contributed by atoms with Gasteiger partial charge in [0.25, 0.3) is 0 Å². The third-order valence-electron chi connectivity index (χ3n) is 5.98. The van der Waals surface area contributed by atoms with E-state index in [1.54, 1.807) is 24.3 Å². The molecule has 0 heterocycles. The number of nitrogens with zero attached hydrogens (tertiary/aromatic N) is 1. The number of alkyl halides is 3. The van der Waals surface area contributed by atoms with Crippen LogP contribution in [0.1, 0.15) is 96.0 Å². The average molecular weight is 472 g/mol. The lowest BCUT2D eigenvalue weighted by Crippen LogP contribution is -2.22. The van der Waals surface area contributed by atoms with E-state index in [1.807, 2.05) is 0 Å². The summed E-state index contributed by atoms with van der Waals surface area (Å²) in [5.41, 5.74) is 0.702. The number of hydrogen-bond acceptors (Lipinski definition) is 3. The lowest BCUT2D eigenvalue weighted by Gasteiger charge is -2.16. The molecule has 0 atom stereocenters. The highest BCUT2D eigenvalue weighted by Gasteiger charge is 2.37. The van der Waals surface area contributed by atoms with Gasteiger partial charge in [-0.25, -0.2) is 0 Å². The van der Waals surface area contributed by atoms with E-state index in [2.05, 4.69) is 18.9 Å². The van der Waals surface area contributed by atoms with Crippen molar-refractivity contribution in [1.82, 2.24) is 4.90 Å². The van der Waals surface area contributed by atoms with E-state index in [4.69, 9.17) is 4.74 Å². The highest BCUT2D eigenvalue weighted by atomic mass is 19.4. The zero-order valence-corrected chi connectivity index (χ0v) is 20.7. The van der Waals surface area contributed by atoms with Gasteiger partial charge in [0.05, 0.1) is 6.61 Å². The van der Waals surface area contributed by atoms with Gasteiger partial charge in [-0.1, -0.05) is 76.8 Å². The number of Topliss-reactive ketones (excluding diaryl/α,β-unsaturated/α-hetero) is 1. The Kier molecular flexibility index (Phi) is 15.9. The quantitative estimate of drug-likeness (QED) is 0.182. The Balaban J connectivity index is 1.99. The number of ether oxygens (including phenoxy) is 1. The van der Waals surface area contributed by atoms with Crippen LogP contribution in [0.3, 0.4) is 0 Å². The first-order chi connectivity index (χ1) is 15.8. The van der Waals surface area contributed by atoms with Crippen LogP contribution < -0.4 is 4.74 Å². The Labute approximate surface area is 199 Å². The molecule has 0 fully saturated rings. The number of ketones is 1. The van der Waals surface area contributed by atoms with Gasteiger partial charge in [0, 0.05) is 6.42 Å². The summed E-state index contributed by atoms with van der Waals surface area (Å²) in [6.07, 6.45) is 10.5. The van der Waals surface area contributed by atoms with E-state index in [9.17, 15) is 18.0 Å². The lowest BCUT2D eigenvalue weighted by atomic mass is 10.1. The number of hydrogen-bond donors (Lipinski definition) is 0. The van der Waals surface area contributed by atoms with E-state index >= 15 is 0 Å². The van der Waals surface area contributed by atoms with E-state index in [1.165, 1.54) is 64.2 Å². The van der Waals surface area contributed by atoms with E-state index in [0.717, 1.165) is 25.9 Å². The molecule has 0 saturated carbocycles. The second kappa shape index (κ2) is 17.9. The number of carbonyl (C=O) groups excluding carboxylic acids is 1. The monoisotopic (exact) mass is 471 g/mol. The molecule has 0 amide bonds.